The van der Waals surface area contributed by atoms with Crippen LogP contribution in [0.4, 0.5) is 24.8 Å². The van der Waals surface area contributed by atoms with E-state index in [1.165, 1.54) is 29.9 Å². The average Bonchev–Trinajstić information content (AvgIpc) is 3.43. The van der Waals surface area contributed by atoms with E-state index in [4.69, 9.17) is 0 Å². The molecule has 1 aliphatic carbocycles. The lowest BCUT2D eigenvalue weighted by molar-refractivity contribution is -0.114. The predicted octanol–water partition coefficient (Wildman–Crippen LogP) is 3.89. The number of hydrogen-bond donors (Lipinski definition) is 4. The molecule has 198 valence electrons. The van der Waals surface area contributed by atoms with Crippen LogP contribution in [0.3, 0.4) is 0 Å². The molecule has 0 aliphatic heterocycles. The molecule has 2 atom stereocenters. The molecule has 1 unspecified atom stereocenters. The third kappa shape index (κ3) is 5.17. The number of nitrogens with one attached hydrogen (secondary N) is 4. The Bertz CT molecular complexity index is 1530. The van der Waals surface area contributed by atoms with Gasteiger partial charge in [0.1, 0.15) is 17.3 Å². The molecule has 4 N–H and O–H groups in total. The second kappa shape index (κ2) is 10.1. The van der Waals surface area contributed by atoms with Crippen LogP contribution in [0.25, 0.3) is 22.3 Å². The predicted molar refractivity (Wildman–Crippen MR) is 134 cm³/mol. The molecule has 0 spiro atoms. The van der Waals surface area contributed by atoms with Crippen LogP contribution in [0.5, 0.6) is 0 Å². The molecule has 1 aliphatic rings. The Hall–Kier alpha value is -4.42. The maximum atomic E-state index is 14.6. The summed E-state index contributed by atoms with van der Waals surface area (Å²) >= 11 is 0. The monoisotopic (exact) mass is 526 g/mol. The molecule has 1 saturated carbocycles. The van der Waals surface area contributed by atoms with Crippen LogP contribution in [0, 0.1) is 17.5 Å². The Morgan fingerprint density at radius 1 is 1.11 bits per heavy atom. The van der Waals surface area contributed by atoms with Gasteiger partial charge >= 0.3 is 0 Å². The zero-order chi connectivity index (χ0) is 27.0. The topological polar surface area (TPSA) is 130 Å². The Labute approximate surface area is 215 Å². The maximum absolute atomic E-state index is 14.6. The van der Waals surface area contributed by atoms with E-state index in [1.807, 2.05) is 0 Å². The third-order valence-electron chi connectivity index (χ3n) is 6.46. The van der Waals surface area contributed by atoms with Crippen LogP contribution in [-0.4, -0.2) is 48.6 Å². The highest BCUT2D eigenvalue weighted by Crippen LogP contribution is 2.30. The van der Waals surface area contributed by atoms with Crippen molar-refractivity contribution in [2.75, 3.05) is 10.6 Å². The van der Waals surface area contributed by atoms with Gasteiger partial charge in [0, 0.05) is 55.3 Å². The summed E-state index contributed by atoms with van der Waals surface area (Å²) in [4.78, 5) is 35.2. The van der Waals surface area contributed by atoms with Crippen molar-refractivity contribution in [3.8, 4) is 11.4 Å². The first kappa shape index (κ1) is 25.2. The molecule has 3 heterocycles. The molecule has 3 aromatic heterocycles. The molecule has 1 aromatic carbocycles. The Morgan fingerprint density at radius 3 is 2.68 bits per heavy atom. The fraction of sp³-hybridized carbons (Fsp3) is 0.320. The summed E-state index contributed by atoms with van der Waals surface area (Å²) in [6.45, 7) is 1.35. The quantitative estimate of drug-likeness (QED) is 0.302. The molecule has 0 bridgehead atoms. The van der Waals surface area contributed by atoms with Gasteiger partial charge in [-0.05, 0) is 31.7 Å². The molecule has 10 nitrogen and oxygen atoms in total. The highest BCUT2D eigenvalue weighted by atomic mass is 19.1. The molecule has 1 fully saturated rings. The number of hydrogen-bond acceptors (Lipinski definition) is 6. The first-order valence-corrected chi connectivity index (χ1v) is 12.1. The third-order valence-corrected chi connectivity index (χ3v) is 6.46. The van der Waals surface area contributed by atoms with Crippen molar-refractivity contribution in [1.29, 1.82) is 0 Å². The van der Waals surface area contributed by atoms with Crippen molar-refractivity contribution in [2.24, 2.45) is 7.05 Å². The summed E-state index contributed by atoms with van der Waals surface area (Å²) in [6.07, 6.45) is 5.23. The minimum absolute atomic E-state index is 0.0372. The first-order valence-electron chi connectivity index (χ1n) is 12.1. The first-order chi connectivity index (χ1) is 18.2. The molecule has 38 heavy (non-hydrogen) atoms. The Morgan fingerprint density at radius 2 is 1.89 bits per heavy atom. The minimum Gasteiger partial charge on any atom is -0.365 e. The fourth-order valence-electron chi connectivity index (χ4n) is 4.76. The zero-order valence-electron chi connectivity index (χ0n) is 20.6. The standard InChI is InChI=1S/C25H25F3N8O2/c1-12(37)31-21-9-20(36(2)35-21)25(38)33-15-5-3-4-14(8-15)32-24-19(28)11-30-23(34-24)17-10-29-22-16(17)6-13(26)7-18(22)27/h6-7,9-11,14-15,29H,3-5,8H2,1-2H3,(H,33,38)(H,30,32,34)(H,31,35,37)/t14-,15?/m0/s1. The van der Waals surface area contributed by atoms with Gasteiger partial charge in [0.2, 0.25) is 5.91 Å². The van der Waals surface area contributed by atoms with Gasteiger partial charge in [-0.25, -0.2) is 23.1 Å². The van der Waals surface area contributed by atoms with Crippen molar-refractivity contribution < 1.29 is 22.8 Å². The smallest absolute Gasteiger partial charge is 0.269 e. The molecule has 4 aromatic rings. The number of aryl methyl sites for hydroxylation is 1. The molecule has 5 rings (SSSR count). The van der Waals surface area contributed by atoms with Crippen molar-refractivity contribution in [3.63, 3.8) is 0 Å². The summed E-state index contributed by atoms with van der Waals surface area (Å²) in [5, 5.41) is 13.0. The van der Waals surface area contributed by atoms with Crippen LogP contribution < -0.4 is 16.0 Å². The average molecular weight is 527 g/mol. The number of amides is 2. The fourth-order valence-corrected chi connectivity index (χ4v) is 4.76. The van der Waals surface area contributed by atoms with E-state index in [9.17, 15) is 22.8 Å². The number of rotatable bonds is 6. The normalized spacial score (nSPS) is 17.4. The van der Waals surface area contributed by atoms with Gasteiger partial charge in [-0.1, -0.05) is 0 Å². The van der Waals surface area contributed by atoms with Gasteiger partial charge in [0.05, 0.1) is 11.7 Å². The number of benzene rings is 1. The van der Waals surface area contributed by atoms with E-state index in [0.29, 0.717) is 17.7 Å². The number of aromatic nitrogens is 5. The van der Waals surface area contributed by atoms with Crippen LogP contribution in [0.1, 0.15) is 43.1 Å². The van der Waals surface area contributed by atoms with Crippen LogP contribution in [-0.2, 0) is 11.8 Å². The van der Waals surface area contributed by atoms with Gasteiger partial charge < -0.3 is 20.9 Å². The lowest BCUT2D eigenvalue weighted by atomic mass is 9.91. The van der Waals surface area contributed by atoms with Crippen molar-refractivity contribution in [1.82, 2.24) is 30.0 Å². The van der Waals surface area contributed by atoms with Gasteiger partial charge in [0.25, 0.3) is 5.91 Å². The van der Waals surface area contributed by atoms with Crippen molar-refractivity contribution >= 4 is 34.4 Å². The van der Waals surface area contributed by atoms with E-state index in [1.54, 1.807) is 7.05 Å². The molecule has 0 saturated heterocycles. The van der Waals surface area contributed by atoms with Gasteiger partial charge in [-0.15, -0.1) is 0 Å². The van der Waals surface area contributed by atoms with Gasteiger partial charge in [-0.3, -0.25) is 14.3 Å². The molecular formula is C25H25F3N8O2. The Kier molecular flexibility index (Phi) is 6.74. The maximum Gasteiger partial charge on any atom is 0.269 e. The molecule has 0 radical (unpaired) electrons. The van der Waals surface area contributed by atoms with E-state index in [-0.39, 0.29) is 52.3 Å². The highest BCUT2D eigenvalue weighted by Gasteiger charge is 2.26. The summed E-state index contributed by atoms with van der Waals surface area (Å²) in [5.41, 5.74) is 0.735. The van der Waals surface area contributed by atoms with E-state index in [2.05, 4.69) is 36.0 Å². The number of carbonyl (C=O) groups is 2. The van der Waals surface area contributed by atoms with E-state index < -0.39 is 17.5 Å². The number of fused-ring (bicyclic) bond motifs is 1. The lowest BCUT2D eigenvalue weighted by Crippen LogP contribution is -2.42. The summed E-state index contributed by atoms with van der Waals surface area (Å²) in [7, 11) is 1.61. The van der Waals surface area contributed by atoms with Crippen molar-refractivity contribution in [2.45, 2.75) is 44.7 Å². The summed E-state index contributed by atoms with van der Waals surface area (Å²) in [6, 6.07) is 3.06. The lowest BCUT2D eigenvalue weighted by Gasteiger charge is -2.30. The summed E-state index contributed by atoms with van der Waals surface area (Å²) < 4.78 is 44.0. The number of aromatic amines is 1. The van der Waals surface area contributed by atoms with Gasteiger partial charge in [0.15, 0.2) is 23.3 Å². The zero-order valence-corrected chi connectivity index (χ0v) is 20.6. The largest absolute Gasteiger partial charge is 0.365 e. The summed E-state index contributed by atoms with van der Waals surface area (Å²) in [5.74, 6) is -2.44. The molecule has 13 heteroatoms. The van der Waals surface area contributed by atoms with E-state index in [0.717, 1.165) is 31.5 Å². The number of halogens is 3. The minimum atomic E-state index is -0.750. The van der Waals surface area contributed by atoms with Crippen LogP contribution in [0.15, 0.2) is 30.6 Å². The number of H-pyrrole nitrogens is 1. The highest BCUT2D eigenvalue weighted by molar-refractivity contribution is 5.95. The number of carbonyl (C=O) groups excluding carboxylic acids is 2. The van der Waals surface area contributed by atoms with Crippen LogP contribution >= 0.6 is 0 Å². The number of nitrogens with zero attached hydrogens (tertiary/aromatic N) is 4. The second-order valence-corrected chi connectivity index (χ2v) is 9.30. The van der Waals surface area contributed by atoms with E-state index >= 15 is 0 Å². The molecule has 2 amide bonds. The Balaban J connectivity index is 1.29. The van der Waals surface area contributed by atoms with Crippen LogP contribution in [0.2, 0.25) is 0 Å². The van der Waals surface area contributed by atoms with Crippen molar-refractivity contribution in [3.05, 3.63) is 53.7 Å². The number of anilines is 2. The SMILES string of the molecule is CC(=O)Nc1cc(C(=O)NC2CCC[C@H](Nc3nc(-c4c[nH]c5c(F)cc(F)cc45)ncc3F)C2)n(C)n1. The van der Waals surface area contributed by atoms with Gasteiger partial charge in [-0.2, -0.15) is 5.10 Å². The molecular weight excluding hydrogens is 501 g/mol. The second-order valence-electron chi connectivity index (χ2n) is 9.30.